The Kier molecular flexibility index (Phi) is 6.94. The van der Waals surface area contributed by atoms with E-state index in [4.69, 9.17) is 19.7 Å². The fraction of sp³-hybridized carbons (Fsp3) is 0.500. The van der Waals surface area contributed by atoms with Crippen LogP contribution in [0.1, 0.15) is 33.1 Å². The molecule has 1 aliphatic carbocycles. The van der Waals surface area contributed by atoms with Crippen molar-refractivity contribution >= 4 is 11.9 Å². The molecule has 6 nitrogen and oxygen atoms in total. The zero-order chi connectivity index (χ0) is 19.3. The van der Waals surface area contributed by atoms with E-state index in [-0.39, 0.29) is 5.57 Å². The van der Waals surface area contributed by atoms with Gasteiger partial charge in [-0.15, -0.1) is 0 Å². The maximum atomic E-state index is 12.2. The molecule has 1 saturated heterocycles. The molecule has 2 aliphatic rings. The molecule has 0 amide bonds. The summed E-state index contributed by atoms with van der Waals surface area (Å²) in [7, 11) is 0. The predicted octanol–water partition coefficient (Wildman–Crippen LogP) is 1.98. The lowest BCUT2D eigenvalue weighted by molar-refractivity contribution is -0.146. The lowest BCUT2D eigenvalue weighted by atomic mass is 9.85. The number of aliphatic hydroxyl groups is 2. The third kappa shape index (κ3) is 4.93. The summed E-state index contributed by atoms with van der Waals surface area (Å²) in [5.41, 5.74) is 2.60. The molecule has 3 unspecified atom stereocenters. The van der Waals surface area contributed by atoms with Gasteiger partial charge in [-0.25, -0.2) is 9.59 Å². The zero-order valence-electron chi connectivity index (χ0n) is 15.2. The Bertz CT molecular complexity index is 664. The molecule has 6 heteroatoms. The number of carbonyl (C=O) groups excluding carboxylic acids is 2. The highest BCUT2D eigenvalue weighted by molar-refractivity contribution is 5.91. The van der Waals surface area contributed by atoms with E-state index in [2.05, 4.69) is 12.7 Å². The van der Waals surface area contributed by atoms with Gasteiger partial charge < -0.3 is 19.7 Å². The van der Waals surface area contributed by atoms with Crippen molar-refractivity contribution in [3.05, 3.63) is 47.1 Å². The summed E-state index contributed by atoms with van der Waals surface area (Å²) in [6.07, 6.45) is 6.12. The predicted molar refractivity (Wildman–Crippen MR) is 96.0 cm³/mol. The van der Waals surface area contributed by atoms with Crippen LogP contribution in [0, 0.1) is 5.92 Å². The molecule has 1 aliphatic heterocycles. The number of hydrogen-bond donors (Lipinski definition) is 2. The molecule has 0 bridgehead atoms. The van der Waals surface area contributed by atoms with E-state index in [0.29, 0.717) is 12.0 Å². The van der Waals surface area contributed by atoms with Gasteiger partial charge >= 0.3 is 11.9 Å². The van der Waals surface area contributed by atoms with E-state index in [1.54, 1.807) is 0 Å². The van der Waals surface area contributed by atoms with Crippen LogP contribution in [-0.2, 0) is 19.1 Å². The van der Waals surface area contributed by atoms with Crippen LogP contribution in [0.3, 0.4) is 0 Å². The minimum absolute atomic E-state index is 0.159. The average Bonchev–Trinajstić information content (AvgIpc) is 2.85. The Hall–Kier alpha value is -2.18. The van der Waals surface area contributed by atoms with Crippen molar-refractivity contribution in [3.63, 3.8) is 0 Å². The van der Waals surface area contributed by atoms with Gasteiger partial charge in [0.05, 0.1) is 19.1 Å². The lowest BCUT2D eigenvalue weighted by Crippen LogP contribution is -2.33. The van der Waals surface area contributed by atoms with E-state index in [0.717, 1.165) is 30.1 Å². The van der Waals surface area contributed by atoms with Gasteiger partial charge in [-0.05, 0) is 38.3 Å². The van der Waals surface area contributed by atoms with Crippen molar-refractivity contribution < 1.29 is 29.3 Å². The SMILES string of the molecule is C=C1C(=O)OC2C=C(C)CCC=C(C)CC(OC(=O)C=C(CO)CO)C12. The molecule has 0 aromatic rings. The molecule has 1 fully saturated rings. The van der Waals surface area contributed by atoms with Crippen molar-refractivity contribution in [1.82, 2.24) is 0 Å². The third-order valence-corrected chi connectivity index (χ3v) is 4.66. The van der Waals surface area contributed by atoms with Crippen LogP contribution in [-0.4, -0.2) is 47.6 Å². The number of esters is 2. The first kappa shape index (κ1) is 20.1. The second-order valence-electron chi connectivity index (χ2n) is 6.82. The van der Waals surface area contributed by atoms with E-state index in [1.165, 1.54) is 0 Å². The third-order valence-electron chi connectivity index (χ3n) is 4.66. The Morgan fingerprint density at radius 2 is 2.04 bits per heavy atom. The molecular weight excluding hydrogens is 336 g/mol. The Morgan fingerprint density at radius 3 is 2.69 bits per heavy atom. The molecule has 2 rings (SSSR count). The summed E-state index contributed by atoms with van der Waals surface area (Å²) in [6.45, 7) is 6.91. The summed E-state index contributed by atoms with van der Waals surface area (Å²) in [6, 6.07) is 0. The molecular formula is C20H26O6. The van der Waals surface area contributed by atoms with Crippen LogP contribution in [0.25, 0.3) is 0 Å². The van der Waals surface area contributed by atoms with Gasteiger partial charge in [0.15, 0.2) is 0 Å². The van der Waals surface area contributed by atoms with Crippen molar-refractivity contribution in [2.45, 2.75) is 45.3 Å². The number of hydrogen-bond acceptors (Lipinski definition) is 6. The van der Waals surface area contributed by atoms with Gasteiger partial charge in [-0.1, -0.05) is 23.8 Å². The molecule has 26 heavy (non-hydrogen) atoms. The maximum absolute atomic E-state index is 12.2. The van der Waals surface area contributed by atoms with Crippen molar-refractivity contribution in [1.29, 1.82) is 0 Å². The summed E-state index contributed by atoms with van der Waals surface area (Å²) >= 11 is 0. The lowest BCUT2D eigenvalue weighted by Gasteiger charge is -2.27. The number of aliphatic hydroxyl groups excluding tert-OH is 2. The maximum Gasteiger partial charge on any atom is 0.334 e. The standard InChI is InChI=1S/C20H26O6/c1-12-5-4-6-13(2)8-17-19(14(3)20(24)26-17)16(7-12)25-18(23)9-15(10-21)11-22/h5,8-9,16-17,19,21-22H,3-4,6-7,10-11H2,1-2H3. The van der Waals surface area contributed by atoms with Gasteiger partial charge in [0, 0.05) is 18.1 Å². The summed E-state index contributed by atoms with van der Waals surface area (Å²) in [5.74, 6) is -1.62. The number of rotatable bonds is 4. The van der Waals surface area contributed by atoms with Crippen LogP contribution in [0.2, 0.25) is 0 Å². The highest BCUT2D eigenvalue weighted by atomic mass is 16.6. The molecule has 0 radical (unpaired) electrons. The first-order chi connectivity index (χ1) is 12.3. The quantitative estimate of drug-likeness (QED) is 0.451. The number of ether oxygens (including phenoxy) is 2. The summed E-state index contributed by atoms with van der Waals surface area (Å²) < 4.78 is 11.0. The largest absolute Gasteiger partial charge is 0.458 e. The van der Waals surface area contributed by atoms with Crippen LogP contribution in [0.15, 0.2) is 47.1 Å². The molecule has 142 valence electrons. The highest BCUT2D eigenvalue weighted by Crippen LogP contribution is 2.36. The van der Waals surface area contributed by atoms with E-state index in [9.17, 15) is 9.59 Å². The normalized spacial score (nSPS) is 26.2. The van der Waals surface area contributed by atoms with Gasteiger partial charge in [0.1, 0.15) is 12.2 Å². The molecule has 1 heterocycles. The molecule has 3 atom stereocenters. The average molecular weight is 362 g/mol. The van der Waals surface area contributed by atoms with Gasteiger partial charge in [-0.2, -0.15) is 0 Å². The highest BCUT2D eigenvalue weighted by Gasteiger charge is 2.44. The molecule has 0 aromatic heterocycles. The fourth-order valence-corrected chi connectivity index (χ4v) is 3.22. The zero-order valence-corrected chi connectivity index (χ0v) is 15.2. The molecule has 0 aromatic carbocycles. The minimum atomic E-state index is -0.676. The van der Waals surface area contributed by atoms with Crippen molar-refractivity contribution in [2.75, 3.05) is 13.2 Å². The van der Waals surface area contributed by atoms with E-state index >= 15 is 0 Å². The Labute approximate surface area is 153 Å². The number of carbonyl (C=O) groups is 2. The summed E-state index contributed by atoms with van der Waals surface area (Å²) in [4.78, 5) is 24.3. The summed E-state index contributed by atoms with van der Waals surface area (Å²) in [5, 5.41) is 18.2. The molecule has 2 N–H and O–H groups in total. The van der Waals surface area contributed by atoms with Crippen LogP contribution < -0.4 is 0 Å². The smallest absolute Gasteiger partial charge is 0.334 e. The first-order valence-electron chi connectivity index (χ1n) is 8.70. The minimum Gasteiger partial charge on any atom is -0.458 e. The monoisotopic (exact) mass is 362 g/mol. The first-order valence-corrected chi connectivity index (χ1v) is 8.70. The molecule has 0 spiro atoms. The Balaban J connectivity index is 2.33. The second-order valence-corrected chi connectivity index (χ2v) is 6.82. The van der Waals surface area contributed by atoms with Gasteiger partial charge in [0.25, 0.3) is 0 Å². The van der Waals surface area contributed by atoms with Crippen molar-refractivity contribution in [3.8, 4) is 0 Å². The Morgan fingerprint density at radius 1 is 1.35 bits per heavy atom. The van der Waals surface area contributed by atoms with E-state index < -0.39 is 43.3 Å². The second kappa shape index (κ2) is 8.96. The van der Waals surface area contributed by atoms with Crippen LogP contribution in [0.5, 0.6) is 0 Å². The number of fused-ring (bicyclic) bond motifs is 1. The number of allylic oxidation sites excluding steroid dienone is 2. The van der Waals surface area contributed by atoms with Crippen LogP contribution >= 0.6 is 0 Å². The van der Waals surface area contributed by atoms with Crippen molar-refractivity contribution in [2.24, 2.45) is 5.92 Å². The fourth-order valence-electron chi connectivity index (χ4n) is 3.22. The topological polar surface area (TPSA) is 93.1 Å². The molecule has 0 saturated carbocycles. The van der Waals surface area contributed by atoms with Crippen LogP contribution in [0.4, 0.5) is 0 Å². The van der Waals surface area contributed by atoms with E-state index in [1.807, 2.05) is 19.9 Å². The van der Waals surface area contributed by atoms with Gasteiger partial charge in [-0.3, -0.25) is 0 Å². The van der Waals surface area contributed by atoms with Gasteiger partial charge in [0.2, 0.25) is 0 Å².